The van der Waals surface area contributed by atoms with Crippen molar-refractivity contribution < 1.29 is 15.0 Å². The molecular formula is C13H24N2O3. The van der Waals surface area contributed by atoms with Gasteiger partial charge in [0.05, 0.1) is 12.3 Å². The van der Waals surface area contributed by atoms with Crippen LogP contribution in [0.5, 0.6) is 0 Å². The van der Waals surface area contributed by atoms with E-state index in [0.717, 1.165) is 12.7 Å². The van der Waals surface area contributed by atoms with Crippen LogP contribution >= 0.6 is 0 Å². The zero-order valence-corrected chi connectivity index (χ0v) is 11.1. The van der Waals surface area contributed by atoms with Crippen LogP contribution in [0.3, 0.4) is 0 Å². The van der Waals surface area contributed by atoms with Crippen LogP contribution in [0.4, 0.5) is 0 Å². The number of nitrogens with one attached hydrogen (secondary N) is 1. The van der Waals surface area contributed by atoms with Gasteiger partial charge in [-0.1, -0.05) is 20.4 Å². The zero-order chi connectivity index (χ0) is 14.1. The molecule has 5 heteroatoms. The third-order valence-electron chi connectivity index (χ3n) is 2.63. The molecule has 0 saturated heterocycles. The number of rotatable bonds is 8. The number of aliphatic hydroxyl groups excluding tert-OH is 2. The van der Waals surface area contributed by atoms with Gasteiger partial charge in [-0.2, -0.15) is 0 Å². The Morgan fingerprint density at radius 1 is 1.39 bits per heavy atom. The molecule has 0 aliphatic rings. The van der Waals surface area contributed by atoms with Crippen LogP contribution in [-0.2, 0) is 4.79 Å². The van der Waals surface area contributed by atoms with Crippen LogP contribution in [0.15, 0.2) is 24.3 Å². The maximum Gasteiger partial charge on any atom is 0.220 e. The topological polar surface area (TPSA) is 95.6 Å². The van der Waals surface area contributed by atoms with Crippen molar-refractivity contribution in [2.75, 3.05) is 0 Å². The summed E-state index contributed by atoms with van der Waals surface area (Å²) in [6, 6.07) is -0.403. The third-order valence-corrected chi connectivity index (χ3v) is 2.63. The number of hydrogen-bond donors (Lipinski definition) is 4. The molecule has 0 rings (SSSR count). The van der Waals surface area contributed by atoms with Gasteiger partial charge in [0.15, 0.2) is 0 Å². The van der Waals surface area contributed by atoms with E-state index in [-0.39, 0.29) is 17.6 Å². The van der Waals surface area contributed by atoms with Crippen molar-refractivity contribution in [1.82, 2.24) is 5.32 Å². The predicted molar refractivity (Wildman–Crippen MR) is 71.9 cm³/mol. The van der Waals surface area contributed by atoms with E-state index in [0.29, 0.717) is 25.0 Å². The van der Waals surface area contributed by atoms with E-state index < -0.39 is 6.04 Å². The van der Waals surface area contributed by atoms with E-state index in [9.17, 15) is 9.90 Å². The van der Waals surface area contributed by atoms with Gasteiger partial charge in [0.1, 0.15) is 5.76 Å². The van der Waals surface area contributed by atoms with Gasteiger partial charge < -0.3 is 21.3 Å². The second-order valence-corrected chi connectivity index (χ2v) is 4.69. The summed E-state index contributed by atoms with van der Waals surface area (Å²) in [7, 11) is 0. The smallest absolute Gasteiger partial charge is 0.220 e. The second kappa shape index (κ2) is 8.44. The number of carbonyl (C=O) groups is 1. The van der Waals surface area contributed by atoms with Crippen LogP contribution in [0.2, 0.25) is 0 Å². The van der Waals surface area contributed by atoms with Gasteiger partial charge in [0, 0.05) is 12.1 Å². The van der Waals surface area contributed by atoms with Crippen molar-refractivity contribution in [2.45, 2.75) is 45.6 Å². The first-order chi connectivity index (χ1) is 8.38. The molecule has 0 aromatic carbocycles. The van der Waals surface area contributed by atoms with E-state index in [4.69, 9.17) is 10.8 Å². The predicted octanol–water partition coefficient (Wildman–Crippen LogP) is 2.12. The van der Waals surface area contributed by atoms with Gasteiger partial charge in [0.2, 0.25) is 5.91 Å². The van der Waals surface area contributed by atoms with E-state index in [1.807, 2.05) is 13.8 Å². The summed E-state index contributed by atoms with van der Waals surface area (Å²) in [5.74, 6) is -0.0410. The van der Waals surface area contributed by atoms with Gasteiger partial charge in [0.25, 0.3) is 0 Å². The molecule has 0 aliphatic heterocycles. The third kappa shape index (κ3) is 6.83. The quantitative estimate of drug-likeness (QED) is 0.395. The molecule has 0 bridgehead atoms. The first kappa shape index (κ1) is 16.4. The number of hydrogen-bond acceptors (Lipinski definition) is 4. The normalized spacial score (nSPS) is 13.4. The van der Waals surface area contributed by atoms with Gasteiger partial charge >= 0.3 is 0 Å². The van der Waals surface area contributed by atoms with Crippen molar-refractivity contribution in [3.05, 3.63) is 24.3 Å². The molecule has 1 atom stereocenters. The Kier molecular flexibility index (Phi) is 7.67. The Balaban J connectivity index is 3.93. The SMILES string of the molecule is C=C(O)C(NC(=O)CCCC/C(N)=C/O)C(C)C. The van der Waals surface area contributed by atoms with Crippen LogP contribution in [-0.4, -0.2) is 22.2 Å². The Bertz CT molecular complexity index is 311. The molecule has 0 radical (unpaired) electrons. The Morgan fingerprint density at radius 2 is 1.94 bits per heavy atom. The molecule has 1 amide bonds. The highest BCUT2D eigenvalue weighted by atomic mass is 16.3. The Morgan fingerprint density at radius 3 is 2.39 bits per heavy atom. The van der Waals surface area contributed by atoms with E-state index in [1.54, 1.807) is 0 Å². The minimum Gasteiger partial charge on any atom is -0.514 e. The Hall–Kier alpha value is -1.65. The van der Waals surface area contributed by atoms with Gasteiger partial charge in [-0.15, -0.1) is 0 Å². The molecule has 104 valence electrons. The van der Waals surface area contributed by atoms with E-state index >= 15 is 0 Å². The molecule has 1 unspecified atom stereocenters. The van der Waals surface area contributed by atoms with E-state index in [1.165, 1.54) is 0 Å². The fourth-order valence-corrected chi connectivity index (χ4v) is 1.56. The van der Waals surface area contributed by atoms with Crippen molar-refractivity contribution in [3.8, 4) is 0 Å². The average molecular weight is 256 g/mol. The van der Waals surface area contributed by atoms with Crippen molar-refractivity contribution in [1.29, 1.82) is 0 Å². The molecule has 0 saturated carbocycles. The van der Waals surface area contributed by atoms with Gasteiger partial charge in [-0.05, 0) is 25.2 Å². The number of amides is 1. The number of carbonyl (C=O) groups excluding carboxylic acids is 1. The lowest BCUT2D eigenvalue weighted by Crippen LogP contribution is -2.39. The van der Waals surface area contributed by atoms with Crippen LogP contribution in [0.1, 0.15) is 39.5 Å². The van der Waals surface area contributed by atoms with Gasteiger partial charge in [-0.25, -0.2) is 0 Å². The maximum atomic E-state index is 11.6. The second-order valence-electron chi connectivity index (χ2n) is 4.69. The minimum atomic E-state index is -0.403. The van der Waals surface area contributed by atoms with Crippen molar-refractivity contribution in [3.63, 3.8) is 0 Å². The number of nitrogens with two attached hydrogens (primary N) is 1. The molecule has 0 aromatic rings. The molecule has 18 heavy (non-hydrogen) atoms. The highest BCUT2D eigenvalue weighted by Crippen LogP contribution is 2.09. The lowest BCUT2D eigenvalue weighted by Gasteiger charge is -2.21. The van der Waals surface area contributed by atoms with E-state index in [2.05, 4.69) is 11.9 Å². The lowest BCUT2D eigenvalue weighted by atomic mass is 10.0. The van der Waals surface area contributed by atoms with Crippen LogP contribution < -0.4 is 11.1 Å². The summed E-state index contributed by atoms with van der Waals surface area (Å²) < 4.78 is 0. The molecule has 0 aliphatic carbocycles. The van der Waals surface area contributed by atoms with Crippen LogP contribution in [0, 0.1) is 5.92 Å². The molecule has 0 heterocycles. The lowest BCUT2D eigenvalue weighted by molar-refractivity contribution is -0.122. The first-order valence-corrected chi connectivity index (χ1v) is 6.14. The Labute approximate surface area is 108 Å². The summed E-state index contributed by atoms with van der Waals surface area (Å²) in [6.45, 7) is 7.25. The fourth-order valence-electron chi connectivity index (χ4n) is 1.56. The number of aliphatic hydroxyl groups is 2. The summed E-state index contributed by atoms with van der Waals surface area (Å²) in [6.07, 6.45) is 3.25. The number of unbranched alkanes of at least 4 members (excludes halogenated alkanes) is 1. The van der Waals surface area contributed by atoms with Crippen molar-refractivity contribution in [2.24, 2.45) is 11.7 Å². The fraction of sp³-hybridized carbons (Fsp3) is 0.615. The monoisotopic (exact) mass is 256 g/mol. The summed E-state index contributed by atoms with van der Waals surface area (Å²) in [5.41, 5.74) is 5.83. The molecular weight excluding hydrogens is 232 g/mol. The summed E-state index contributed by atoms with van der Waals surface area (Å²) >= 11 is 0. The molecule has 5 N–H and O–H groups in total. The minimum absolute atomic E-state index is 0.0224. The molecule has 0 fully saturated rings. The average Bonchev–Trinajstić information content (AvgIpc) is 2.30. The molecule has 0 spiro atoms. The van der Waals surface area contributed by atoms with Crippen LogP contribution in [0.25, 0.3) is 0 Å². The molecule has 0 aromatic heterocycles. The standard InChI is InChI=1S/C13H24N2O3/c1-9(2)13(10(3)17)15-12(18)7-5-4-6-11(14)8-16/h8-9,13,16-17H,3-7,14H2,1-2H3,(H,15,18)/b11-8-. The zero-order valence-electron chi connectivity index (χ0n) is 11.1. The highest BCUT2D eigenvalue weighted by molar-refractivity contribution is 5.76. The highest BCUT2D eigenvalue weighted by Gasteiger charge is 2.18. The summed E-state index contributed by atoms with van der Waals surface area (Å²) in [5, 5.41) is 20.7. The van der Waals surface area contributed by atoms with Crippen molar-refractivity contribution >= 4 is 5.91 Å². The number of allylic oxidation sites excluding steroid dienone is 1. The first-order valence-electron chi connectivity index (χ1n) is 6.14. The maximum absolute atomic E-state index is 11.6. The summed E-state index contributed by atoms with van der Waals surface area (Å²) in [4.78, 5) is 11.6. The molecule has 5 nitrogen and oxygen atoms in total. The largest absolute Gasteiger partial charge is 0.514 e. The van der Waals surface area contributed by atoms with Gasteiger partial charge in [-0.3, -0.25) is 4.79 Å².